The summed E-state index contributed by atoms with van der Waals surface area (Å²) in [6.45, 7) is 8.16. The van der Waals surface area contributed by atoms with E-state index < -0.39 is 5.97 Å². The number of hydrogen-bond donors (Lipinski definition) is 0. The Hall–Kier alpha value is -1.35. The van der Waals surface area contributed by atoms with E-state index in [9.17, 15) is 4.79 Å². The molecular formula is C17H25O3. The lowest BCUT2D eigenvalue weighted by Gasteiger charge is -2.06. The quantitative estimate of drug-likeness (QED) is 0.377. The second-order valence-electron chi connectivity index (χ2n) is 5.13. The highest BCUT2D eigenvalue weighted by molar-refractivity contribution is 5.90. The fraction of sp³-hybridized carbons (Fsp3) is 0.529. The second-order valence-corrected chi connectivity index (χ2v) is 5.13. The maximum absolute atomic E-state index is 11.8. The maximum atomic E-state index is 11.8. The van der Waals surface area contributed by atoms with Gasteiger partial charge in [0.25, 0.3) is 0 Å². The van der Waals surface area contributed by atoms with Gasteiger partial charge in [-0.2, -0.15) is 4.89 Å². The Labute approximate surface area is 122 Å². The average molecular weight is 277 g/mol. The molecule has 0 amide bonds. The summed E-state index contributed by atoms with van der Waals surface area (Å²) < 4.78 is 0. The van der Waals surface area contributed by atoms with Crippen molar-refractivity contribution < 1.29 is 14.6 Å². The summed E-state index contributed by atoms with van der Waals surface area (Å²) in [6, 6.07) is 5.63. The van der Waals surface area contributed by atoms with Crippen LogP contribution in [-0.4, -0.2) is 12.6 Å². The van der Waals surface area contributed by atoms with Crippen LogP contribution in [0.5, 0.6) is 0 Å². The summed E-state index contributed by atoms with van der Waals surface area (Å²) in [4.78, 5) is 21.6. The summed E-state index contributed by atoms with van der Waals surface area (Å²) >= 11 is 0. The zero-order valence-corrected chi connectivity index (χ0v) is 12.6. The fourth-order valence-corrected chi connectivity index (χ4v) is 2.05. The molecule has 0 aliphatic heterocycles. The van der Waals surface area contributed by atoms with E-state index in [1.54, 1.807) is 6.07 Å². The molecule has 1 aromatic rings. The van der Waals surface area contributed by atoms with Gasteiger partial charge in [0, 0.05) is 0 Å². The number of unbranched alkanes of at least 4 members (excludes halogenated alkanes) is 5. The van der Waals surface area contributed by atoms with Crippen LogP contribution in [0.15, 0.2) is 18.2 Å². The van der Waals surface area contributed by atoms with Gasteiger partial charge in [0.2, 0.25) is 0 Å². The Balaban J connectivity index is 2.17. The van der Waals surface area contributed by atoms with Crippen molar-refractivity contribution in [2.45, 2.75) is 52.4 Å². The fourth-order valence-electron chi connectivity index (χ4n) is 2.05. The minimum Gasteiger partial charge on any atom is -0.293 e. The normalized spacial score (nSPS) is 10.6. The third kappa shape index (κ3) is 6.20. The third-order valence-corrected chi connectivity index (χ3v) is 3.21. The molecule has 0 saturated carbocycles. The van der Waals surface area contributed by atoms with Crippen LogP contribution in [0.25, 0.3) is 0 Å². The average Bonchev–Trinajstić information content (AvgIpc) is 2.41. The molecule has 1 rings (SSSR count). The second kappa shape index (κ2) is 9.54. The maximum Gasteiger partial charge on any atom is 0.373 e. The van der Waals surface area contributed by atoms with Crippen molar-refractivity contribution in [3.63, 3.8) is 0 Å². The molecule has 0 unspecified atom stereocenters. The van der Waals surface area contributed by atoms with Crippen LogP contribution in [0.4, 0.5) is 0 Å². The van der Waals surface area contributed by atoms with Gasteiger partial charge in [0.1, 0.15) is 0 Å². The Morgan fingerprint density at radius 2 is 1.80 bits per heavy atom. The number of hydrogen-bond acceptors (Lipinski definition) is 3. The molecule has 0 N–H and O–H groups in total. The van der Waals surface area contributed by atoms with E-state index >= 15 is 0 Å². The van der Waals surface area contributed by atoms with E-state index in [4.69, 9.17) is 9.78 Å². The van der Waals surface area contributed by atoms with Gasteiger partial charge in [0.15, 0.2) is 0 Å². The van der Waals surface area contributed by atoms with Crippen LogP contribution in [0, 0.1) is 20.8 Å². The van der Waals surface area contributed by atoms with Crippen LogP contribution in [0.3, 0.4) is 0 Å². The molecule has 0 bridgehead atoms. The molecule has 3 heteroatoms. The van der Waals surface area contributed by atoms with Crippen molar-refractivity contribution in [3.8, 4) is 0 Å². The minimum absolute atomic E-state index is 0.417. The molecule has 3 nitrogen and oxygen atoms in total. The monoisotopic (exact) mass is 277 g/mol. The van der Waals surface area contributed by atoms with Gasteiger partial charge < -0.3 is 0 Å². The lowest BCUT2D eigenvalue weighted by molar-refractivity contribution is -0.241. The van der Waals surface area contributed by atoms with E-state index in [-0.39, 0.29) is 0 Å². The predicted molar refractivity (Wildman–Crippen MR) is 80.3 cm³/mol. The van der Waals surface area contributed by atoms with E-state index in [1.165, 1.54) is 19.3 Å². The zero-order chi connectivity index (χ0) is 14.8. The van der Waals surface area contributed by atoms with Gasteiger partial charge in [-0.05, 0) is 31.9 Å². The molecule has 0 heterocycles. The number of carbonyl (C=O) groups excluding carboxylic acids is 1. The largest absolute Gasteiger partial charge is 0.373 e. The summed E-state index contributed by atoms with van der Waals surface area (Å²) in [7, 11) is 0. The van der Waals surface area contributed by atoms with Gasteiger partial charge in [-0.3, -0.25) is 4.89 Å². The first-order chi connectivity index (χ1) is 9.65. The van der Waals surface area contributed by atoms with E-state index in [0.717, 1.165) is 30.4 Å². The highest BCUT2D eigenvalue weighted by Gasteiger charge is 2.11. The highest BCUT2D eigenvalue weighted by atomic mass is 17.2. The third-order valence-electron chi connectivity index (χ3n) is 3.21. The summed E-state index contributed by atoms with van der Waals surface area (Å²) in [5, 5.41) is 0. The van der Waals surface area contributed by atoms with Crippen LogP contribution in [0.1, 0.15) is 60.0 Å². The highest BCUT2D eigenvalue weighted by Crippen LogP contribution is 2.12. The first-order valence-electron chi connectivity index (χ1n) is 7.35. The van der Waals surface area contributed by atoms with Crippen molar-refractivity contribution in [1.82, 2.24) is 0 Å². The first kappa shape index (κ1) is 16.7. The van der Waals surface area contributed by atoms with Crippen LogP contribution in [-0.2, 0) is 9.78 Å². The van der Waals surface area contributed by atoms with Gasteiger partial charge in [-0.1, -0.05) is 56.7 Å². The zero-order valence-electron chi connectivity index (χ0n) is 12.6. The molecule has 0 fully saturated rings. The molecule has 0 spiro atoms. The molecular weight excluding hydrogens is 252 g/mol. The van der Waals surface area contributed by atoms with Crippen LogP contribution >= 0.6 is 0 Å². The molecule has 1 radical (unpaired) electrons. The summed E-state index contributed by atoms with van der Waals surface area (Å²) in [5.41, 5.74) is 2.60. The Kier molecular flexibility index (Phi) is 7.97. The van der Waals surface area contributed by atoms with Gasteiger partial charge in [0.05, 0.1) is 12.2 Å². The van der Waals surface area contributed by atoms with Crippen molar-refractivity contribution in [1.29, 1.82) is 0 Å². The first-order valence-corrected chi connectivity index (χ1v) is 7.35. The minimum atomic E-state index is -0.417. The number of benzene rings is 1. The van der Waals surface area contributed by atoms with Crippen molar-refractivity contribution in [2.75, 3.05) is 6.61 Å². The predicted octanol–water partition coefficient (Wildman–Crippen LogP) is 4.57. The smallest absolute Gasteiger partial charge is 0.293 e. The number of rotatable bonds is 9. The molecule has 20 heavy (non-hydrogen) atoms. The van der Waals surface area contributed by atoms with Crippen LogP contribution in [0.2, 0.25) is 0 Å². The number of aryl methyl sites for hydroxylation is 2. The molecule has 0 saturated heterocycles. The van der Waals surface area contributed by atoms with Gasteiger partial charge >= 0.3 is 5.97 Å². The summed E-state index contributed by atoms with van der Waals surface area (Å²) in [5.74, 6) is -0.417. The Morgan fingerprint density at radius 3 is 2.50 bits per heavy atom. The molecule has 0 aliphatic carbocycles. The Morgan fingerprint density at radius 1 is 1.10 bits per heavy atom. The standard InChI is InChI=1S/C17H25O3/c1-4-5-6-7-8-9-12-19-20-17(18)16-11-10-14(2)13-15(16)3/h10-11,13H,1,4-9,12H2,2-3H3. The lowest BCUT2D eigenvalue weighted by atomic mass is 10.1. The topological polar surface area (TPSA) is 35.5 Å². The van der Waals surface area contributed by atoms with E-state index in [2.05, 4.69) is 6.92 Å². The van der Waals surface area contributed by atoms with Crippen molar-refractivity contribution in [3.05, 3.63) is 41.8 Å². The van der Waals surface area contributed by atoms with E-state index in [1.807, 2.05) is 26.0 Å². The molecule has 0 aromatic heterocycles. The van der Waals surface area contributed by atoms with Gasteiger partial charge in [-0.25, -0.2) is 4.79 Å². The van der Waals surface area contributed by atoms with Crippen molar-refractivity contribution in [2.24, 2.45) is 0 Å². The van der Waals surface area contributed by atoms with Crippen molar-refractivity contribution >= 4 is 5.97 Å². The summed E-state index contributed by atoms with van der Waals surface area (Å²) in [6.07, 6.45) is 6.60. The Bertz CT molecular complexity index is 413. The van der Waals surface area contributed by atoms with Crippen LogP contribution < -0.4 is 0 Å². The molecule has 0 atom stereocenters. The number of carbonyl (C=O) groups is 1. The van der Waals surface area contributed by atoms with E-state index in [0.29, 0.717) is 12.2 Å². The van der Waals surface area contributed by atoms with Gasteiger partial charge in [-0.15, -0.1) is 0 Å². The molecule has 111 valence electrons. The SMILES string of the molecule is [CH2]CCCCCCCOOC(=O)c1ccc(C)cc1C. The molecule has 0 aliphatic rings. The lowest BCUT2D eigenvalue weighted by Crippen LogP contribution is -2.08. The molecule has 1 aromatic carbocycles.